The Morgan fingerprint density at radius 2 is 1.75 bits per heavy atom. The lowest BCUT2D eigenvalue weighted by atomic mass is 10.2. The molecule has 2 rings (SSSR count). The molecule has 0 N–H and O–H groups in total. The monoisotopic (exact) mass is 287 g/mol. The van der Waals surface area contributed by atoms with E-state index in [1.54, 1.807) is 7.11 Å². The van der Waals surface area contributed by atoms with E-state index in [1.807, 2.05) is 17.8 Å². The van der Waals surface area contributed by atoms with Crippen molar-refractivity contribution in [1.82, 2.24) is 4.90 Å². The fraction of sp³-hybridized carbons (Fsp3) is 0.294. The summed E-state index contributed by atoms with van der Waals surface area (Å²) in [5.41, 5.74) is 2.56. The molecular weight excluding hydrogens is 266 g/mol. The Morgan fingerprint density at radius 3 is 2.40 bits per heavy atom. The maximum Gasteiger partial charge on any atom is 0.136 e. The van der Waals surface area contributed by atoms with Gasteiger partial charge in [0.2, 0.25) is 0 Å². The van der Waals surface area contributed by atoms with Crippen LogP contribution in [0.2, 0.25) is 0 Å². The summed E-state index contributed by atoms with van der Waals surface area (Å²) in [7, 11) is 5.90. The van der Waals surface area contributed by atoms with Gasteiger partial charge in [0.25, 0.3) is 0 Å². The second kappa shape index (κ2) is 7.36. The Bertz CT molecular complexity index is 540. The van der Waals surface area contributed by atoms with Gasteiger partial charge >= 0.3 is 0 Å². The van der Waals surface area contributed by atoms with Crippen LogP contribution in [0.3, 0.4) is 0 Å². The highest BCUT2D eigenvalue weighted by Gasteiger charge is 2.10. The van der Waals surface area contributed by atoms with Gasteiger partial charge in [-0.2, -0.15) is 0 Å². The molecule has 0 aliphatic rings. The molecule has 0 aliphatic heterocycles. The lowest BCUT2D eigenvalue weighted by molar-refractivity contribution is 0.366. The van der Waals surface area contributed by atoms with Gasteiger partial charge in [0.1, 0.15) is 5.75 Å². The third-order valence-electron chi connectivity index (χ3n) is 2.99. The number of benzene rings is 2. The molecule has 3 heteroatoms. The average molecular weight is 287 g/mol. The second-order valence-electron chi connectivity index (χ2n) is 4.96. The predicted molar refractivity (Wildman–Crippen MR) is 86.4 cm³/mol. The highest BCUT2D eigenvalue weighted by molar-refractivity contribution is 7.98. The van der Waals surface area contributed by atoms with Crippen molar-refractivity contribution in [3.63, 3.8) is 0 Å². The normalized spacial score (nSPS) is 10.8. The highest BCUT2D eigenvalue weighted by atomic mass is 32.2. The van der Waals surface area contributed by atoms with E-state index in [2.05, 4.69) is 61.5 Å². The summed E-state index contributed by atoms with van der Waals surface area (Å²) in [6.45, 7) is 0.892. The first-order valence-corrected chi connectivity index (χ1v) is 7.66. The molecular formula is C17H21NOS. The number of ether oxygens (including phenoxy) is 1. The minimum Gasteiger partial charge on any atom is -0.495 e. The number of hydrogen-bond acceptors (Lipinski definition) is 3. The SMILES string of the molecule is COc1c(CN(C)C)cccc1SCc1ccccc1. The van der Waals surface area contributed by atoms with Crippen LogP contribution < -0.4 is 4.74 Å². The number of para-hydroxylation sites is 1. The first kappa shape index (κ1) is 14.9. The molecule has 0 saturated carbocycles. The van der Waals surface area contributed by atoms with E-state index >= 15 is 0 Å². The summed E-state index contributed by atoms with van der Waals surface area (Å²) in [6.07, 6.45) is 0. The predicted octanol–water partition coefficient (Wildman–Crippen LogP) is 4.05. The van der Waals surface area contributed by atoms with Gasteiger partial charge in [0.05, 0.1) is 12.0 Å². The van der Waals surface area contributed by atoms with Crippen LogP contribution in [-0.4, -0.2) is 26.1 Å². The molecule has 2 aromatic carbocycles. The van der Waals surface area contributed by atoms with E-state index in [-0.39, 0.29) is 0 Å². The molecule has 0 aromatic heterocycles. The molecule has 0 radical (unpaired) electrons. The number of thioether (sulfide) groups is 1. The third kappa shape index (κ3) is 4.02. The number of methoxy groups -OCH3 is 1. The van der Waals surface area contributed by atoms with Gasteiger partial charge in [0, 0.05) is 17.9 Å². The van der Waals surface area contributed by atoms with Gasteiger partial charge in [-0.1, -0.05) is 42.5 Å². The lowest BCUT2D eigenvalue weighted by Gasteiger charge is -2.16. The van der Waals surface area contributed by atoms with Crippen molar-refractivity contribution in [2.24, 2.45) is 0 Å². The van der Waals surface area contributed by atoms with Crippen LogP contribution in [0.1, 0.15) is 11.1 Å². The second-order valence-corrected chi connectivity index (χ2v) is 5.98. The van der Waals surface area contributed by atoms with Gasteiger partial charge < -0.3 is 9.64 Å². The fourth-order valence-electron chi connectivity index (χ4n) is 2.11. The van der Waals surface area contributed by atoms with E-state index in [9.17, 15) is 0 Å². The third-order valence-corrected chi connectivity index (χ3v) is 4.10. The quantitative estimate of drug-likeness (QED) is 0.744. The summed E-state index contributed by atoms with van der Waals surface area (Å²) in [6, 6.07) is 16.9. The van der Waals surface area contributed by atoms with Gasteiger partial charge in [-0.05, 0) is 25.7 Å². The Labute approximate surface area is 125 Å². The molecule has 20 heavy (non-hydrogen) atoms. The molecule has 0 aliphatic carbocycles. The standard InChI is InChI=1S/C17H21NOS/c1-18(2)12-15-10-7-11-16(17(15)19-3)20-13-14-8-5-4-6-9-14/h4-11H,12-13H2,1-3H3. The van der Waals surface area contributed by atoms with Gasteiger partial charge in [0.15, 0.2) is 0 Å². The van der Waals surface area contributed by atoms with Crippen molar-refractivity contribution in [2.75, 3.05) is 21.2 Å². The van der Waals surface area contributed by atoms with Crippen molar-refractivity contribution in [2.45, 2.75) is 17.2 Å². The minimum absolute atomic E-state index is 0.892. The topological polar surface area (TPSA) is 12.5 Å². The largest absolute Gasteiger partial charge is 0.495 e. The summed E-state index contributed by atoms with van der Waals surface area (Å²) in [5, 5.41) is 0. The van der Waals surface area contributed by atoms with Gasteiger partial charge in [-0.3, -0.25) is 0 Å². The van der Waals surface area contributed by atoms with Crippen molar-refractivity contribution >= 4 is 11.8 Å². The van der Waals surface area contributed by atoms with Crippen molar-refractivity contribution in [1.29, 1.82) is 0 Å². The molecule has 0 bridgehead atoms. The van der Waals surface area contributed by atoms with E-state index in [0.29, 0.717) is 0 Å². The zero-order valence-electron chi connectivity index (χ0n) is 12.3. The van der Waals surface area contributed by atoms with E-state index in [1.165, 1.54) is 16.0 Å². The van der Waals surface area contributed by atoms with E-state index in [4.69, 9.17) is 4.74 Å². The van der Waals surface area contributed by atoms with Crippen molar-refractivity contribution < 1.29 is 4.74 Å². The van der Waals surface area contributed by atoms with Crippen molar-refractivity contribution in [3.05, 3.63) is 59.7 Å². The summed E-state index contributed by atoms with van der Waals surface area (Å²) >= 11 is 1.82. The van der Waals surface area contributed by atoms with Crippen LogP contribution in [0.4, 0.5) is 0 Å². The first-order valence-electron chi connectivity index (χ1n) is 6.68. The van der Waals surface area contributed by atoms with Crippen LogP contribution >= 0.6 is 11.8 Å². The molecule has 0 spiro atoms. The molecule has 106 valence electrons. The first-order chi connectivity index (χ1) is 9.70. The molecule has 0 unspecified atom stereocenters. The molecule has 2 nitrogen and oxygen atoms in total. The van der Waals surface area contributed by atoms with Crippen LogP contribution in [0.5, 0.6) is 5.75 Å². The Hall–Kier alpha value is -1.45. The van der Waals surface area contributed by atoms with Crippen LogP contribution in [0, 0.1) is 0 Å². The zero-order valence-corrected chi connectivity index (χ0v) is 13.1. The Balaban J connectivity index is 2.14. The Kier molecular flexibility index (Phi) is 5.50. The number of nitrogens with zero attached hydrogens (tertiary/aromatic N) is 1. The van der Waals surface area contributed by atoms with Crippen molar-refractivity contribution in [3.8, 4) is 5.75 Å². The summed E-state index contributed by atoms with van der Waals surface area (Å²) < 4.78 is 5.62. The maximum absolute atomic E-state index is 5.62. The van der Waals surface area contributed by atoms with E-state index in [0.717, 1.165) is 18.0 Å². The van der Waals surface area contributed by atoms with Crippen LogP contribution in [-0.2, 0) is 12.3 Å². The molecule has 0 heterocycles. The number of hydrogen-bond donors (Lipinski definition) is 0. The Morgan fingerprint density at radius 1 is 1.00 bits per heavy atom. The summed E-state index contributed by atoms with van der Waals surface area (Å²) in [5.74, 6) is 1.96. The van der Waals surface area contributed by atoms with Gasteiger partial charge in [-0.15, -0.1) is 11.8 Å². The van der Waals surface area contributed by atoms with Crippen LogP contribution in [0.15, 0.2) is 53.4 Å². The molecule has 0 atom stereocenters. The highest BCUT2D eigenvalue weighted by Crippen LogP contribution is 2.34. The number of rotatable bonds is 6. The maximum atomic E-state index is 5.62. The smallest absolute Gasteiger partial charge is 0.136 e. The molecule has 0 saturated heterocycles. The molecule has 2 aromatic rings. The fourth-order valence-corrected chi connectivity index (χ4v) is 3.14. The molecule has 0 fully saturated rings. The average Bonchev–Trinajstić information content (AvgIpc) is 2.45. The lowest BCUT2D eigenvalue weighted by Crippen LogP contribution is -2.11. The zero-order chi connectivity index (χ0) is 14.4. The molecule has 0 amide bonds. The van der Waals surface area contributed by atoms with Gasteiger partial charge in [-0.25, -0.2) is 0 Å². The minimum atomic E-state index is 0.892. The van der Waals surface area contributed by atoms with E-state index < -0.39 is 0 Å². The summed E-state index contributed by atoms with van der Waals surface area (Å²) in [4.78, 5) is 3.36. The van der Waals surface area contributed by atoms with Crippen LogP contribution in [0.25, 0.3) is 0 Å².